The summed E-state index contributed by atoms with van der Waals surface area (Å²) in [7, 11) is 0. The van der Waals surface area contributed by atoms with Gasteiger partial charge in [-0.2, -0.15) is 5.10 Å². The van der Waals surface area contributed by atoms with Crippen LogP contribution >= 0.6 is 0 Å². The number of hydrogen-bond donors (Lipinski definition) is 2. The molecule has 0 atom stereocenters. The maximum Gasteiger partial charge on any atom is 0.0522 e. The second-order valence-corrected chi connectivity index (χ2v) is 3.44. The van der Waals surface area contributed by atoms with Crippen molar-refractivity contribution in [2.24, 2.45) is 0 Å². The SMILES string of the molecule is CCn1nccc1CNCc1ccc[nH]1. The third-order valence-corrected chi connectivity index (χ3v) is 2.39. The first kappa shape index (κ1) is 9.98. The maximum absolute atomic E-state index is 4.22. The van der Waals surface area contributed by atoms with Crippen LogP contribution in [0.15, 0.2) is 30.6 Å². The molecule has 0 fully saturated rings. The lowest BCUT2D eigenvalue weighted by atomic mass is 10.4. The van der Waals surface area contributed by atoms with E-state index in [-0.39, 0.29) is 0 Å². The standard InChI is InChI=1S/C11H16N4/c1-2-15-11(5-7-14-15)9-12-8-10-4-3-6-13-10/h3-7,12-13H,2,8-9H2,1H3. The Kier molecular flexibility index (Phi) is 3.19. The zero-order valence-corrected chi connectivity index (χ0v) is 8.90. The summed E-state index contributed by atoms with van der Waals surface area (Å²) in [6.45, 7) is 4.74. The average molecular weight is 204 g/mol. The van der Waals surface area contributed by atoms with E-state index < -0.39 is 0 Å². The molecule has 2 rings (SSSR count). The number of H-pyrrole nitrogens is 1. The quantitative estimate of drug-likeness (QED) is 0.775. The highest BCUT2D eigenvalue weighted by molar-refractivity contribution is 5.04. The van der Waals surface area contributed by atoms with Crippen molar-refractivity contribution in [1.82, 2.24) is 20.1 Å². The fourth-order valence-electron chi connectivity index (χ4n) is 1.60. The van der Waals surface area contributed by atoms with Crippen molar-refractivity contribution in [2.45, 2.75) is 26.6 Å². The Morgan fingerprint density at radius 2 is 2.33 bits per heavy atom. The molecular weight excluding hydrogens is 188 g/mol. The van der Waals surface area contributed by atoms with Crippen molar-refractivity contribution in [2.75, 3.05) is 0 Å². The zero-order chi connectivity index (χ0) is 10.5. The van der Waals surface area contributed by atoms with E-state index in [2.05, 4.69) is 28.4 Å². The topological polar surface area (TPSA) is 45.6 Å². The van der Waals surface area contributed by atoms with Crippen molar-refractivity contribution >= 4 is 0 Å². The van der Waals surface area contributed by atoms with Gasteiger partial charge in [-0.15, -0.1) is 0 Å². The fourth-order valence-corrected chi connectivity index (χ4v) is 1.60. The molecule has 0 aliphatic carbocycles. The minimum atomic E-state index is 0.854. The largest absolute Gasteiger partial charge is 0.364 e. The first-order valence-electron chi connectivity index (χ1n) is 5.24. The monoisotopic (exact) mass is 204 g/mol. The van der Waals surface area contributed by atoms with Gasteiger partial charge in [0.2, 0.25) is 0 Å². The summed E-state index contributed by atoms with van der Waals surface area (Å²) >= 11 is 0. The molecule has 0 aliphatic rings. The second kappa shape index (κ2) is 4.79. The Morgan fingerprint density at radius 3 is 3.07 bits per heavy atom. The van der Waals surface area contributed by atoms with Crippen molar-refractivity contribution in [3.8, 4) is 0 Å². The Morgan fingerprint density at radius 1 is 1.40 bits per heavy atom. The van der Waals surface area contributed by atoms with Gasteiger partial charge >= 0.3 is 0 Å². The summed E-state index contributed by atoms with van der Waals surface area (Å²) in [4.78, 5) is 3.16. The molecule has 0 spiro atoms. The van der Waals surface area contributed by atoms with Crippen LogP contribution < -0.4 is 5.32 Å². The first-order chi connectivity index (χ1) is 7.40. The summed E-state index contributed by atoms with van der Waals surface area (Å²) in [5, 5.41) is 7.59. The number of nitrogens with one attached hydrogen (secondary N) is 2. The highest BCUT2D eigenvalue weighted by atomic mass is 15.3. The van der Waals surface area contributed by atoms with Crippen LogP contribution in [0.2, 0.25) is 0 Å². The molecule has 4 heteroatoms. The summed E-state index contributed by atoms with van der Waals surface area (Å²) in [6, 6.07) is 6.13. The van der Waals surface area contributed by atoms with E-state index in [0.29, 0.717) is 0 Å². The van der Waals surface area contributed by atoms with E-state index in [1.807, 2.05) is 29.2 Å². The van der Waals surface area contributed by atoms with Crippen LogP contribution in [0.1, 0.15) is 18.3 Å². The van der Waals surface area contributed by atoms with Crippen LogP contribution in [0.4, 0.5) is 0 Å². The molecule has 0 aliphatic heterocycles. The highest BCUT2D eigenvalue weighted by Crippen LogP contribution is 1.99. The summed E-state index contributed by atoms with van der Waals surface area (Å²) < 4.78 is 2.00. The van der Waals surface area contributed by atoms with Gasteiger partial charge < -0.3 is 10.3 Å². The minimum Gasteiger partial charge on any atom is -0.364 e. The molecule has 2 heterocycles. The molecule has 0 unspecified atom stereocenters. The van der Waals surface area contributed by atoms with Gasteiger partial charge in [-0.3, -0.25) is 4.68 Å². The third-order valence-electron chi connectivity index (χ3n) is 2.39. The smallest absolute Gasteiger partial charge is 0.0522 e. The van der Waals surface area contributed by atoms with E-state index in [0.717, 1.165) is 19.6 Å². The number of nitrogens with zero attached hydrogens (tertiary/aromatic N) is 2. The predicted molar refractivity (Wildman–Crippen MR) is 59.2 cm³/mol. The van der Waals surface area contributed by atoms with Crippen LogP contribution in [0.5, 0.6) is 0 Å². The first-order valence-corrected chi connectivity index (χ1v) is 5.24. The van der Waals surface area contributed by atoms with E-state index in [1.165, 1.54) is 11.4 Å². The van der Waals surface area contributed by atoms with Crippen molar-refractivity contribution < 1.29 is 0 Å². The second-order valence-electron chi connectivity index (χ2n) is 3.44. The maximum atomic E-state index is 4.22. The number of rotatable bonds is 5. The molecular formula is C11H16N4. The van der Waals surface area contributed by atoms with Gasteiger partial charge in [0.15, 0.2) is 0 Å². The van der Waals surface area contributed by atoms with Crippen LogP contribution in [-0.2, 0) is 19.6 Å². The van der Waals surface area contributed by atoms with Gasteiger partial charge in [0, 0.05) is 37.7 Å². The molecule has 0 bridgehead atoms. The molecule has 0 radical (unpaired) electrons. The lowest BCUT2D eigenvalue weighted by Gasteiger charge is -2.05. The van der Waals surface area contributed by atoms with Crippen LogP contribution in [-0.4, -0.2) is 14.8 Å². The van der Waals surface area contributed by atoms with Crippen molar-refractivity contribution in [3.05, 3.63) is 42.0 Å². The normalized spacial score (nSPS) is 10.7. The molecule has 80 valence electrons. The fraction of sp³-hybridized carbons (Fsp3) is 0.364. The molecule has 0 saturated carbocycles. The lowest BCUT2D eigenvalue weighted by molar-refractivity contribution is 0.579. The number of aryl methyl sites for hydroxylation is 1. The van der Waals surface area contributed by atoms with Gasteiger partial charge in [0.25, 0.3) is 0 Å². The van der Waals surface area contributed by atoms with E-state index in [9.17, 15) is 0 Å². The third kappa shape index (κ3) is 2.47. The Balaban J connectivity index is 1.83. The van der Waals surface area contributed by atoms with Crippen molar-refractivity contribution in [1.29, 1.82) is 0 Å². The van der Waals surface area contributed by atoms with E-state index in [1.54, 1.807) is 0 Å². The van der Waals surface area contributed by atoms with Crippen LogP contribution in [0.25, 0.3) is 0 Å². The van der Waals surface area contributed by atoms with E-state index in [4.69, 9.17) is 0 Å². The summed E-state index contributed by atoms with van der Waals surface area (Å²) in [5.74, 6) is 0. The molecule has 2 aromatic rings. The average Bonchev–Trinajstić information content (AvgIpc) is 2.88. The van der Waals surface area contributed by atoms with Gasteiger partial charge in [-0.05, 0) is 25.1 Å². The molecule has 0 amide bonds. The minimum absolute atomic E-state index is 0.854. The van der Waals surface area contributed by atoms with Gasteiger partial charge in [-0.1, -0.05) is 0 Å². The highest BCUT2D eigenvalue weighted by Gasteiger charge is 1.99. The van der Waals surface area contributed by atoms with Crippen LogP contribution in [0.3, 0.4) is 0 Å². The number of aromatic nitrogens is 3. The molecule has 15 heavy (non-hydrogen) atoms. The Labute approximate surface area is 89.3 Å². The van der Waals surface area contributed by atoms with E-state index >= 15 is 0 Å². The van der Waals surface area contributed by atoms with Gasteiger partial charge in [0.1, 0.15) is 0 Å². The van der Waals surface area contributed by atoms with Gasteiger partial charge in [-0.25, -0.2) is 0 Å². The molecule has 4 nitrogen and oxygen atoms in total. The molecule has 0 saturated heterocycles. The Bertz CT molecular complexity index is 388. The van der Waals surface area contributed by atoms with Crippen LogP contribution in [0, 0.1) is 0 Å². The predicted octanol–water partition coefficient (Wildman–Crippen LogP) is 1.52. The molecule has 0 aromatic carbocycles. The number of aromatic amines is 1. The molecule has 2 N–H and O–H groups in total. The van der Waals surface area contributed by atoms with Gasteiger partial charge in [0.05, 0.1) is 5.69 Å². The zero-order valence-electron chi connectivity index (χ0n) is 8.90. The van der Waals surface area contributed by atoms with Crippen molar-refractivity contribution in [3.63, 3.8) is 0 Å². The molecule has 2 aromatic heterocycles. The lowest BCUT2D eigenvalue weighted by Crippen LogP contribution is -2.16. The summed E-state index contributed by atoms with van der Waals surface area (Å²) in [6.07, 6.45) is 3.78. The summed E-state index contributed by atoms with van der Waals surface area (Å²) in [5.41, 5.74) is 2.43. The Hall–Kier alpha value is -1.55. The number of hydrogen-bond acceptors (Lipinski definition) is 2.